The molecule has 2 N–H and O–H groups in total. The van der Waals surface area contributed by atoms with Crippen LogP contribution >= 0.6 is 0 Å². The summed E-state index contributed by atoms with van der Waals surface area (Å²) in [5.74, 6) is -1.27. The number of carboxylic acid groups (broad SMARTS) is 1. The van der Waals surface area contributed by atoms with Crippen molar-refractivity contribution in [3.63, 3.8) is 0 Å². The van der Waals surface area contributed by atoms with E-state index in [1.54, 1.807) is 0 Å². The lowest BCUT2D eigenvalue weighted by atomic mass is 10.4. The summed E-state index contributed by atoms with van der Waals surface area (Å²) in [5.41, 5.74) is 0.176. The molecule has 0 bridgehead atoms. The van der Waals surface area contributed by atoms with Crippen molar-refractivity contribution in [1.82, 2.24) is 9.42 Å². The van der Waals surface area contributed by atoms with Crippen molar-refractivity contribution in [2.45, 2.75) is 19.8 Å². The summed E-state index contributed by atoms with van der Waals surface area (Å²) in [7, 11) is -4.41. The number of hydrazine groups is 1. The lowest BCUT2D eigenvalue weighted by Gasteiger charge is -2.25. The van der Waals surface area contributed by atoms with Gasteiger partial charge in [-0.15, -0.1) is 0 Å². The zero-order valence-electron chi connectivity index (χ0n) is 10.4. The summed E-state index contributed by atoms with van der Waals surface area (Å²) in [4.78, 5) is 20.7. The van der Waals surface area contributed by atoms with Crippen LogP contribution in [0.5, 0.6) is 0 Å². The molecule has 0 spiro atoms. The van der Waals surface area contributed by atoms with Crippen molar-refractivity contribution in [1.29, 1.82) is 0 Å². The smallest absolute Gasteiger partial charge is 0.377 e. The molecule has 1 fully saturated rings. The van der Waals surface area contributed by atoms with E-state index in [2.05, 4.69) is 13.2 Å². The highest BCUT2D eigenvalue weighted by atomic mass is 32.2. The lowest BCUT2D eigenvalue weighted by molar-refractivity contribution is -0.134. The van der Waals surface area contributed by atoms with Gasteiger partial charge in [-0.25, -0.2) is 9.80 Å². The Hall–Kier alpha value is -1.87. The number of hydrogen-bond acceptors (Lipinski definition) is 4. The van der Waals surface area contributed by atoms with E-state index in [0.717, 1.165) is 11.2 Å². The molecule has 19 heavy (non-hydrogen) atoms. The molecule has 1 heterocycles. The van der Waals surface area contributed by atoms with Crippen molar-refractivity contribution in [2.24, 2.45) is 0 Å². The van der Waals surface area contributed by atoms with Gasteiger partial charge in [0.2, 0.25) is 5.91 Å². The molecule has 1 rings (SSSR count). The first kappa shape index (κ1) is 17.1. The molecule has 0 aromatic rings. The summed E-state index contributed by atoms with van der Waals surface area (Å²) in [5, 5.41) is 8.84. The highest BCUT2D eigenvalue weighted by Gasteiger charge is 2.30. The molecule has 0 aliphatic carbocycles. The SMILES string of the molecule is C=C(C)C(=O)O.C=CN(N1CCCC1=O)S(=O)(=O)O. The molecule has 108 valence electrons. The van der Waals surface area contributed by atoms with E-state index in [1.807, 2.05) is 0 Å². The van der Waals surface area contributed by atoms with E-state index in [4.69, 9.17) is 9.66 Å². The minimum absolute atomic E-state index is 0.176. The van der Waals surface area contributed by atoms with Crippen LogP contribution in [0.3, 0.4) is 0 Å². The van der Waals surface area contributed by atoms with Gasteiger partial charge in [0.15, 0.2) is 0 Å². The molecule has 0 unspecified atom stereocenters. The number of rotatable bonds is 4. The van der Waals surface area contributed by atoms with Crippen LogP contribution in [-0.4, -0.2) is 45.9 Å². The maximum Gasteiger partial charge on any atom is 0.377 e. The fraction of sp³-hybridized carbons (Fsp3) is 0.400. The average molecular weight is 292 g/mol. The maximum absolute atomic E-state index is 11.1. The first-order valence-corrected chi connectivity index (χ1v) is 6.59. The van der Waals surface area contributed by atoms with E-state index in [-0.39, 0.29) is 18.0 Å². The molecule has 1 aliphatic rings. The van der Waals surface area contributed by atoms with Gasteiger partial charge in [0.25, 0.3) is 0 Å². The van der Waals surface area contributed by atoms with E-state index in [0.29, 0.717) is 17.3 Å². The molecule has 1 aliphatic heterocycles. The summed E-state index contributed by atoms with van der Waals surface area (Å²) in [6, 6.07) is 0. The highest BCUT2D eigenvalue weighted by molar-refractivity contribution is 7.83. The molecule has 1 amide bonds. The Morgan fingerprint density at radius 2 is 2.00 bits per heavy atom. The Morgan fingerprint density at radius 3 is 2.21 bits per heavy atom. The molecule has 0 atom stereocenters. The van der Waals surface area contributed by atoms with Crippen molar-refractivity contribution < 1.29 is 27.7 Å². The van der Waals surface area contributed by atoms with Crippen LogP contribution in [0.1, 0.15) is 19.8 Å². The standard InChI is InChI=1S/C6H10N2O4S.C4H6O2/c1-2-8(13(10,11)12)7-5-3-4-6(7)9;1-3(2)4(5)6/h2H,1,3-5H2,(H,10,11,12);1H2,2H3,(H,5,6). The Kier molecular flexibility index (Phi) is 6.22. The molecule has 0 saturated carbocycles. The quantitative estimate of drug-likeness (QED) is 0.573. The van der Waals surface area contributed by atoms with Gasteiger partial charge in [-0.1, -0.05) is 13.2 Å². The molecular weight excluding hydrogens is 276 g/mol. The molecule has 0 aromatic carbocycles. The zero-order chi connectivity index (χ0) is 15.2. The van der Waals surface area contributed by atoms with Crippen LogP contribution in [0.4, 0.5) is 0 Å². The third-order valence-electron chi connectivity index (χ3n) is 2.04. The van der Waals surface area contributed by atoms with E-state index < -0.39 is 16.3 Å². The van der Waals surface area contributed by atoms with Crippen LogP contribution in [0, 0.1) is 0 Å². The molecule has 0 radical (unpaired) electrons. The summed E-state index contributed by atoms with van der Waals surface area (Å²) >= 11 is 0. The van der Waals surface area contributed by atoms with E-state index in [1.165, 1.54) is 6.92 Å². The predicted molar refractivity (Wildman–Crippen MR) is 67.0 cm³/mol. The number of hydrogen-bond donors (Lipinski definition) is 2. The third-order valence-corrected chi connectivity index (χ3v) is 2.86. The Morgan fingerprint density at radius 1 is 1.53 bits per heavy atom. The van der Waals surface area contributed by atoms with Crippen molar-refractivity contribution in [2.75, 3.05) is 6.54 Å². The molecule has 0 aromatic heterocycles. The summed E-state index contributed by atoms with van der Waals surface area (Å²) in [6.07, 6.45) is 1.76. The third kappa shape index (κ3) is 5.53. The number of aliphatic carboxylic acids is 1. The summed E-state index contributed by atoms with van der Waals surface area (Å²) in [6.45, 7) is 8.08. The fourth-order valence-corrected chi connectivity index (χ4v) is 1.77. The van der Waals surface area contributed by atoms with Gasteiger partial charge in [0, 0.05) is 24.7 Å². The van der Waals surface area contributed by atoms with Crippen molar-refractivity contribution in [3.8, 4) is 0 Å². The molecule has 9 heteroatoms. The van der Waals surface area contributed by atoms with Gasteiger partial charge in [0.1, 0.15) is 0 Å². The molecular formula is C10H16N2O6S. The number of nitrogens with zero attached hydrogens (tertiary/aromatic N) is 2. The van der Waals surface area contributed by atoms with Gasteiger partial charge in [0.05, 0.1) is 0 Å². The largest absolute Gasteiger partial charge is 0.478 e. The Bertz CT molecular complexity index is 472. The number of amides is 1. The lowest BCUT2D eigenvalue weighted by Crippen LogP contribution is -2.43. The monoisotopic (exact) mass is 292 g/mol. The number of carboxylic acids is 1. The van der Waals surface area contributed by atoms with Crippen molar-refractivity contribution >= 4 is 22.2 Å². The van der Waals surface area contributed by atoms with Gasteiger partial charge in [-0.05, 0) is 13.3 Å². The molecule has 8 nitrogen and oxygen atoms in total. The van der Waals surface area contributed by atoms with Gasteiger partial charge < -0.3 is 5.11 Å². The predicted octanol–water partition coefficient (Wildman–Crippen LogP) is 0.419. The van der Waals surface area contributed by atoms with Gasteiger partial charge in [-0.3, -0.25) is 9.35 Å². The minimum atomic E-state index is -4.41. The van der Waals surface area contributed by atoms with E-state index in [9.17, 15) is 18.0 Å². The fourth-order valence-electron chi connectivity index (χ4n) is 1.16. The number of carbonyl (C=O) groups excluding carboxylic acids is 1. The van der Waals surface area contributed by atoms with Crippen molar-refractivity contribution in [3.05, 3.63) is 24.9 Å². The second kappa shape index (κ2) is 6.90. The Labute approximate surface area is 111 Å². The second-order valence-electron chi connectivity index (χ2n) is 3.64. The van der Waals surface area contributed by atoms with Crippen LogP contribution in [0.25, 0.3) is 0 Å². The second-order valence-corrected chi connectivity index (χ2v) is 4.91. The maximum atomic E-state index is 11.1. The summed E-state index contributed by atoms with van der Waals surface area (Å²) < 4.78 is 30.6. The van der Waals surface area contributed by atoms with Crippen LogP contribution in [-0.2, 0) is 19.9 Å². The minimum Gasteiger partial charge on any atom is -0.478 e. The normalized spacial score (nSPS) is 14.4. The molecule has 1 saturated heterocycles. The Balaban J connectivity index is 0.000000459. The van der Waals surface area contributed by atoms with Crippen LogP contribution in [0.15, 0.2) is 24.9 Å². The van der Waals surface area contributed by atoms with Gasteiger partial charge >= 0.3 is 16.3 Å². The first-order chi connectivity index (χ1) is 8.61. The zero-order valence-corrected chi connectivity index (χ0v) is 11.3. The van der Waals surface area contributed by atoms with Gasteiger partial charge in [-0.2, -0.15) is 12.8 Å². The number of carbonyl (C=O) groups is 2. The average Bonchev–Trinajstić information content (AvgIpc) is 2.64. The van der Waals surface area contributed by atoms with Crippen LogP contribution < -0.4 is 0 Å². The topological polar surface area (TPSA) is 115 Å². The first-order valence-electron chi connectivity index (χ1n) is 5.19. The van der Waals surface area contributed by atoms with E-state index >= 15 is 0 Å². The highest BCUT2D eigenvalue weighted by Crippen LogP contribution is 2.15. The van der Waals surface area contributed by atoms with Crippen LogP contribution in [0.2, 0.25) is 0 Å².